The first-order chi connectivity index (χ1) is 5.24. The van der Waals surface area contributed by atoms with Crippen LogP contribution in [0.5, 0.6) is 0 Å². The molecular weight excluding hydrogens is 138 g/mol. The summed E-state index contributed by atoms with van der Waals surface area (Å²) in [6, 6.07) is 0. The maximum atomic E-state index is 5.12. The van der Waals surface area contributed by atoms with Gasteiger partial charge in [-0.25, -0.2) is 9.67 Å². The summed E-state index contributed by atoms with van der Waals surface area (Å²) in [6.07, 6.45) is 5.83. The van der Waals surface area contributed by atoms with Crippen LogP contribution in [0.25, 0.3) is 0 Å². The number of hydrogen-bond donors (Lipinski definition) is 0. The molecule has 0 fully saturated rings. The highest BCUT2D eigenvalue weighted by Crippen LogP contribution is 1.96. The fourth-order valence-electron chi connectivity index (χ4n) is 0.944. The number of aryl methyl sites for hydroxylation is 3. The number of rotatable bonds is 2. The normalized spacial score (nSPS) is 9.55. The van der Waals surface area contributed by atoms with Crippen LogP contribution in [0.3, 0.4) is 0 Å². The molecule has 11 heavy (non-hydrogen) atoms. The molecule has 0 radical (unpaired) electrons. The molecule has 0 aliphatic rings. The van der Waals surface area contributed by atoms with Crippen molar-refractivity contribution in [3.63, 3.8) is 0 Å². The Labute approximate surface area is 66.4 Å². The van der Waals surface area contributed by atoms with E-state index in [2.05, 4.69) is 16.0 Å². The minimum absolute atomic E-state index is 0.712. The van der Waals surface area contributed by atoms with Crippen molar-refractivity contribution in [2.75, 3.05) is 0 Å². The first kappa shape index (κ1) is 7.80. The van der Waals surface area contributed by atoms with Gasteiger partial charge in [0.05, 0.1) is 6.54 Å². The second kappa shape index (κ2) is 3.20. The molecule has 1 aromatic rings. The zero-order chi connectivity index (χ0) is 8.27. The third-order valence-electron chi connectivity index (χ3n) is 1.43. The molecule has 0 saturated heterocycles. The van der Waals surface area contributed by atoms with E-state index in [1.54, 1.807) is 0 Å². The number of aromatic nitrogens is 3. The quantitative estimate of drug-likeness (QED) is 0.585. The lowest BCUT2D eigenvalue weighted by Crippen LogP contribution is -2.01. The van der Waals surface area contributed by atoms with Crippen molar-refractivity contribution >= 4 is 0 Å². The second-order valence-corrected chi connectivity index (χ2v) is 2.38. The van der Waals surface area contributed by atoms with Gasteiger partial charge in [0, 0.05) is 6.42 Å². The Kier molecular flexibility index (Phi) is 2.27. The molecule has 58 valence electrons. The topological polar surface area (TPSA) is 30.7 Å². The number of terminal acetylenes is 1. The molecule has 0 saturated carbocycles. The highest BCUT2D eigenvalue weighted by atomic mass is 15.3. The fourth-order valence-corrected chi connectivity index (χ4v) is 0.944. The van der Waals surface area contributed by atoms with E-state index in [1.165, 1.54) is 0 Å². The van der Waals surface area contributed by atoms with Crippen LogP contribution < -0.4 is 0 Å². The predicted molar refractivity (Wildman–Crippen MR) is 42.9 cm³/mol. The molecule has 0 aliphatic carbocycles. The van der Waals surface area contributed by atoms with Crippen molar-refractivity contribution in [1.82, 2.24) is 14.8 Å². The van der Waals surface area contributed by atoms with Gasteiger partial charge in [-0.15, -0.1) is 12.3 Å². The molecule has 0 aliphatic heterocycles. The molecule has 0 aromatic carbocycles. The Balaban J connectivity index is 2.71. The number of hydrogen-bond acceptors (Lipinski definition) is 2. The van der Waals surface area contributed by atoms with Crippen molar-refractivity contribution < 1.29 is 0 Å². The summed E-state index contributed by atoms with van der Waals surface area (Å²) in [5.74, 6) is 4.30. The monoisotopic (exact) mass is 149 g/mol. The second-order valence-electron chi connectivity index (χ2n) is 2.38. The van der Waals surface area contributed by atoms with Crippen molar-refractivity contribution in [3.05, 3.63) is 11.6 Å². The van der Waals surface area contributed by atoms with E-state index in [-0.39, 0.29) is 0 Å². The molecule has 0 N–H and O–H groups in total. The first-order valence-corrected chi connectivity index (χ1v) is 3.55. The summed E-state index contributed by atoms with van der Waals surface area (Å²) in [5, 5.41) is 4.16. The maximum Gasteiger partial charge on any atom is 0.147 e. The van der Waals surface area contributed by atoms with Gasteiger partial charge in [-0.3, -0.25) is 0 Å². The molecule has 0 bridgehead atoms. The third kappa shape index (κ3) is 1.81. The lowest BCUT2D eigenvalue weighted by molar-refractivity contribution is 0.605. The van der Waals surface area contributed by atoms with E-state index in [1.807, 2.05) is 18.5 Å². The summed E-state index contributed by atoms with van der Waals surface area (Å²) in [7, 11) is 0. The Morgan fingerprint density at radius 3 is 2.73 bits per heavy atom. The first-order valence-electron chi connectivity index (χ1n) is 3.55. The van der Waals surface area contributed by atoms with E-state index in [9.17, 15) is 0 Å². The van der Waals surface area contributed by atoms with Gasteiger partial charge in [-0.05, 0) is 13.8 Å². The van der Waals surface area contributed by atoms with Gasteiger partial charge < -0.3 is 0 Å². The SMILES string of the molecule is C#CCCn1nc(C)nc1C. The molecule has 0 unspecified atom stereocenters. The Bertz CT molecular complexity index is 280. The van der Waals surface area contributed by atoms with Crippen molar-refractivity contribution in [2.24, 2.45) is 0 Å². The summed E-state index contributed by atoms with van der Waals surface area (Å²) >= 11 is 0. The van der Waals surface area contributed by atoms with Crippen molar-refractivity contribution in [3.8, 4) is 12.3 Å². The van der Waals surface area contributed by atoms with Crippen LogP contribution in [0.15, 0.2) is 0 Å². The third-order valence-corrected chi connectivity index (χ3v) is 1.43. The number of nitrogens with zero attached hydrogens (tertiary/aromatic N) is 3. The van der Waals surface area contributed by atoms with Crippen molar-refractivity contribution in [1.29, 1.82) is 0 Å². The average Bonchev–Trinajstić information content (AvgIpc) is 2.26. The van der Waals surface area contributed by atoms with E-state index in [0.717, 1.165) is 18.2 Å². The molecule has 1 heterocycles. The van der Waals surface area contributed by atoms with Crippen LogP contribution in [0.1, 0.15) is 18.1 Å². The van der Waals surface area contributed by atoms with Crippen LogP contribution in [-0.2, 0) is 6.54 Å². The summed E-state index contributed by atoms with van der Waals surface area (Å²) < 4.78 is 1.83. The summed E-state index contributed by atoms with van der Waals surface area (Å²) in [4.78, 5) is 4.15. The van der Waals surface area contributed by atoms with E-state index in [0.29, 0.717) is 6.42 Å². The van der Waals surface area contributed by atoms with Gasteiger partial charge >= 0.3 is 0 Å². The van der Waals surface area contributed by atoms with Gasteiger partial charge in [0.25, 0.3) is 0 Å². The lowest BCUT2D eigenvalue weighted by Gasteiger charge is -1.96. The summed E-state index contributed by atoms with van der Waals surface area (Å²) in [6.45, 7) is 4.57. The molecule has 0 atom stereocenters. The van der Waals surface area contributed by atoms with Gasteiger partial charge in [-0.2, -0.15) is 5.10 Å². The van der Waals surface area contributed by atoms with E-state index >= 15 is 0 Å². The molecule has 3 nitrogen and oxygen atoms in total. The van der Waals surface area contributed by atoms with Gasteiger partial charge in [-0.1, -0.05) is 0 Å². The molecule has 3 heteroatoms. The van der Waals surface area contributed by atoms with Crippen LogP contribution >= 0.6 is 0 Å². The van der Waals surface area contributed by atoms with Gasteiger partial charge in [0.1, 0.15) is 11.6 Å². The van der Waals surface area contributed by atoms with Crippen molar-refractivity contribution in [2.45, 2.75) is 26.8 Å². The average molecular weight is 149 g/mol. The zero-order valence-electron chi connectivity index (χ0n) is 6.83. The van der Waals surface area contributed by atoms with Crippen LogP contribution in [0.4, 0.5) is 0 Å². The fraction of sp³-hybridized carbons (Fsp3) is 0.500. The smallest absolute Gasteiger partial charge is 0.147 e. The standard InChI is InChI=1S/C8H11N3/c1-4-5-6-11-8(3)9-7(2)10-11/h1H,5-6H2,2-3H3. The molecule has 0 amide bonds. The van der Waals surface area contributed by atoms with Gasteiger partial charge in [0.15, 0.2) is 0 Å². The minimum atomic E-state index is 0.712. The Hall–Kier alpha value is -1.30. The Morgan fingerprint density at radius 2 is 2.27 bits per heavy atom. The largest absolute Gasteiger partial charge is 0.249 e. The molecular formula is C8H11N3. The Morgan fingerprint density at radius 1 is 1.55 bits per heavy atom. The summed E-state index contributed by atoms with van der Waals surface area (Å²) in [5.41, 5.74) is 0. The lowest BCUT2D eigenvalue weighted by atomic mass is 10.4. The van der Waals surface area contributed by atoms with Crippen LogP contribution in [0.2, 0.25) is 0 Å². The van der Waals surface area contributed by atoms with Gasteiger partial charge in [0.2, 0.25) is 0 Å². The molecule has 1 aromatic heterocycles. The highest BCUT2D eigenvalue weighted by molar-refractivity contribution is 4.90. The maximum absolute atomic E-state index is 5.12. The van der Waals surface area contributed by atoms with Crippen LogP contribution in [0, 0.1) is 26.2 Å². The highest BCUT2D eigenvalue weighted by Gasteiger charge is 1.99. The van der Waals surface area contributed by atoms with Crippen LogP contribution in [-0.4, -0.2) is 14.8 Å². The minimum Gasteiger partial charge on any atom is -0.249 e. The predicted octanol–water partition coefficient (Wildman–Crippen LogP) is 0.918. The molecule has 0 spiro atoms. The molecule has 1 rings (SSSR count). The van der Waals surface area contributed by atoms with E-state index < -0.39 is 0 Å². The zero-order valence-corrected chi connectivity index (χ0v) is 6.83. The van der Waals surface area contributed by atoms with E-state index in [4.69, 9.17) is 6.42 Å².